The van der Waals surface area contributed by atoms with E-state index < -0.39 is 7.82 Å². The Bertz CT molecular complexity index is 128. The van der Waals surface area contributed by atoms with Crippen LogP contribution >= 0.6 is 32.6 Å². The number of phosphoric acid groups is 1. The largest absolute Gasteiger partial charge is 0.466 e. The van der Waals surface area contributed by atoms with Gasteiger partial charge in [-0.25, -0.2) is 4.57 Å². The van der Waals surface area contributed by atoms with Gasteiger partial charge in [0.1, 0.15) is 0 Å². The fourth-order valence-electron chi connectivity index (χ4n) is 0. The molecule has 0 atom stereocenters. The molecule has 0 fully saturated rings. The van der Waals surface area contributed by atoms with E-state index in [9.17, 15) is 4.79 Å². The van der Waals surface area contributed by atoms with Crippen molar-refractivity contribution in [2.24, 2.45) is 0 Å². The minimum absolute atomic E-state index is 0. The van der Waals surface area contributed by atoms with Gasteiger partial charge in [0.05, 0.1) is 0 Å². The minimum atomic E-state index is -4.64. The van der Waals surface area contributed by atoms with E-state index in [1.165, 1.54) is 4.90 Å². The fraction of sp³-hybridized carbons (Fsp3) is 0.667. The topological polar surface area (TPSA) is 98.1 Å². The van der Waals surface area contributed by atoms with Crippen molar-refractivity contribution in [1.29, 1.82) is 0 Å². The van der Waals surface area contributed by atoms with Crippen LogP contribution in [0.5, 0.6) is 0 Å². The molecule has 0 bridgehead atoms. The number of amides is 1. The van der Waals surface area contributed by atoms with Gasteiger partial charge in [-0.1, -0.05) is 0 Å². The van der Waals surface area contributed by atoms with Crippen LogP contribution in [0.2, 0.25) is 0 Å². The number of hydrogen-bond donors (Lipinski definition) is 3. The van der Waals surface area contributed by atoms with E-state index in [4.69, 9.17) is 19.2 Å². The summed E-state index contributed by atoms with van der Waals surface area (Å²) in [6, 6.07) is 0. The van der Waals surface area contributed by atoms with E-state index in [0.29, 0.717) is 0 Å². The van der Waals surface area contributed by atoms with Crippen molar-refractivity contribution in [1.82, 2.24) is 4.90 Å². The number of hydrogen-bond acceptors (Lipinski definition) is 2. The third-order valence-electron chi connectivity index (χ3n) is 0.211. The zero-order valence-corrected chi connectivity index (χ0v) is 8.97. The van der Waals surface area contributed by atoms with Crippen LogP contribution in [-0.2, 0) is 9.36 Å². The first kappa shape index (κ1) is 22.7. The summed E-state index contributed by atoms with van der Waals surface area (Å²) in [7, 11) is -1.26. The van der Waals surface area contributed by atoms with Crippen molar-refractivity contribution in [3.05, 3.63) is 0 Å². The Morgan fingerprint density at radius 3 is 1.25 bits per heavy atom. The molecule has 0 unspecified atom stereocenters. The zero-order chi connectivity index (χ0) is 8.78. The predicted octanol–water partition coefficient (Wildman–Crippen LogP) is -0.381. The lowest BCUT2D eigenvalue weighted by Gasteiger charge is -1.93. The molecule has 0 aromatic heterocycles. The summed E-state index contributed by atoms with van der Waals surface area (Å²) in [4.78, 5) is 32.4. The summed E-state index contributed by atoms with van der Waals surface area (Å²) >= 11 is 0. The normalized spacial score (nSPS) is 7.75. The van der Waals surface area contributed by atoms with Gasteiger partial charge in [0, 0.05) is 14.1 Å². The fourth-order valence-corrected chi connectivity index (χ4v) is 0. The molecule has 0 aliphatic carbocycles. The van der Waals surface area contributed by atoms with E-state index >= 15 is 0 Å². The van der Waals surface area contributed by atoms with Crippen molar-refractivity contribution < 1.29 is 24.0 Å². The van der Waals surface area contributed by atoms with E-state index in [1.807, 2.05) is 0 Å². The summed E-state index contributed by atoms with van der Waals surface area (Å²) in [6.45, 7) is 0. The van der Waals surface area contributed by atoms with Crippen molar-refractivity contribution in [2.75, 3.05) is 14.1 Å². The maximum atomic E-state index is 9.43. The molecular formula is C3H12Cl2NO5P. The van der Waals surface area contributed by atoms with E-state index in [-0.39, 0.29) is 24.8 Å². The molecule has 0 spiro atoms. The molecule has 0 aromatic rings. The monoisotopic (exact) mass is 243 g/mol. The molecule has 0 saturated carbocycles. The van der Waals surface area contributed by atoms with E-state index in [1.54, 1.807) is 14.1 Å². The summed E-state index contributed by atoms with van der Waals surface area (Å²) < 4.78 is 8.88. The molecule has 3 N–H and O–H groups in total. The number of rotatable bonds is 1. The molecule has 0 saturated heterocycles. The summed E-state index contributed by atoms with van der Waals surface area (Å²) in [5.74, 6) is 0. The van der Waals surface area contributed by atoms with E-state index in [0.717, 1.165) is 6.41 Å². The third kappa shape index (κ3) is 183. The molecular weight excluding hydrogens is 232 g/mol. The van der Waals surface area contributed by atoms with Crippen LogP contribution in [-0.4, -0.2) is 40.1 Å². The van der Waals surface area contributed by atoms with Gasteiger partial charge in [0.15, 0.2) is 0 Å². The molecule has 1 amide bonds. The van der Waals surface area contributed by atoms with Crippen LogP contribution in [0.15, 0.2) is 0 Å². The van der Waals surface area contributed by atoms with Gasteiger partial charge in [0.25, 0.3) is 0 Å². The molecule has 0 radical (unpaired) electrons. The Hall–Kier alpha value is 0.160. The molecule has 12 heavy (non-hydrogen) atoms. The highest BCUT2D eigenvalue weighted by Crippen LogP contribution is 2.25. The highest BCUT2D eigenvalue weighted by molar-refractivity contribution is 7.45. The van der Waals surface area contributed by atoms with E-state index in [2.05, 4.69) is 0 Å². The number of nitrogens with zero attached hydrogens (tertiary/aromatic N) is 1. The second-order valence-electron chi connectivity index (χ2n) is 1.58. The molecule has 0 aliphatic heterocycles. The lowest BCUT2D eigenvalue weighted by molar-refractivity contribution is -0.115. The molecule has 0 heterocycles. The third-order valence-corrected chi connectivity index (χ3v) is 0.211. The standard InChI is InChI=1S/C3H7NO.2ClH.H3O4P/c1-4(2)3-5;;;1-5(2,3)4/h3H,1-2H3;2*1H;(H3,1,2,3,4). The van der Waals surface area contributed by atoms with Gasteiger partial charge in [-0.05, 0) is 0 Å². The Balaban J connectivity index is -0.0000000457. The van der Waals surface area contributed by atoms with Crippen molar-refractivity contribution in [3.8, 4) is 0 Å². The van der Waals surface area contributed by atoms with Crippen molar-refractivity contribution >= 4 is 39.0 Å². The van der Waals surface area contributed by atoms with Gasteiger partial charge in [-0.2, -0.15) is 0 Å². The summed E-state index contributed by atoms with van der Waals surface area (Å²) in [5.41, 5.74) is 0. The molecule has 0 aliphatic rings. The highest BCUT2D eigenvalue weighted by Gasteiger charge is 2.00. The van der Waals surface area contributed by atoms with Gasteiger partial charge in [0.2, 0.25) is 6.41 Å². The number of carbonyl (C=O) groups is 1. The second kappa shape index (κ2) is 11.2. The number of halogens is 2. The van der Waals surface area contributed by atoms with Crippen LogP contribution in [0.3, 0.4) is 0 Å². The zero-order valence-electron chi connectivity index (χ0n) is 6.45. The number of carbonyl (C=O) groups excluding carboxylic acids is 1. The molecule has 78 valence electrons. The Morgan fingerprint density at radius 2 is 1.25 bits per heavy atom. The summed E-state index contributed by atoms with van der Waals surface area (Å²) in [5, 5.41) is 0. The Kier molecular flexibility index (Phi) is 21.2. The molecule has 0 aromatic carbocycles. The average molecular weight is 244 g/mol. The van der Waals surface area contributed by atoms with Gasteiger partial charge in [-0.3, -0.25) is 4.79 Å². The van der Waals surface area contributed by atoms with Crippen LogP contribution < -0.4 is 0 Å². The van der Waals surface area contributed by atoms with Crippen LogP contribution in [0.25, 0.3) is 0 Å². The van der Waals surface area contributed by atoms with Crippen LogP contribution in [0.1, 0.15) is 0 Å². The van der Waals surface area contributed by atoms with Crippen molar-refractivity contribution in [3.63, 3.8) is 0 Å². The summed E-state index contributed by atoms with van der Waals surface area (Å²) in [6.07, 6.45) is 0.750. The second-order valence-corrected chi connectivity index (χ2v) is 2.61. The smallest absolute Gasteiger partial charge is 0.351 e. The first-order valence-corrected chi connectivity index (χ1v) is 3.74. The predicted molar refractivity (Wildman–Crippen MR) is 48.5 cm³/mol. The SMILES string of the molecule is CN(C)C=O.Cl.Cl.O=P(O)(O)O. The Morgan fingerprint density at radius 1 is 1.17 bits per heavy atom. The quantitative estimate of drug-likeness (QED) is 0.431. The van der Waals surface area contributed by atoms with Crippen LogP contribution in [0, 0.1) is 0 Å². The average Bonchev–Trinajstić information content (AvgIpc) is 1.61. The first-order valence-electron chi connectivity index (χ1n) is 2.17. The van der Waals surface area contributed by atoms with Gasteiger partial charge in [-0.15, -0.1) is 24.8 Å². The molecule has 6 nitrogen and oxygen atoms in total. The first-order chi connectivity index (χ1) is 4.27. The maximum Gasteiger partial charge on any atom is 0.466 e. The lowest BCUT2D eigenvalue weighted by atomic mass is 11.0. The Labute approximate surface area is 82.6 Å². The van der Waals surface area contributed by atoms with Crippen molar-refractivity contribution in [2.45, 2.75) is 0 Å². The van der Waals surface area contributed by atoms with Gasteiger partial charge < -0.3 is 19.6 Å². The van der Waals surface area contributed by atoms with Crippen LogP contribution in [0.4, 0.5) is 0 Å². The van der Waals surface area contributed by atoms with Gasteiger partial charge >= 0.3 is 7.82 Å². The highest BCUT2D eigenvalue weighted by atomic mass is 35.5. The maximum absolute atomic E-state index is 9.43. The minimum Gasteiger partial charge on any atom is -0.351 e. The molecule has 9 heteroatoms. The lowest BCUT2D eigenvalue weighted by Crippen LogP contribution is -2.06. The molecule has 0 rings (SSSR count).